The Hall–Kier alpha value is -2.95. The fourth-order valence-electron chi connectivity index (χ4n) is 3.11. The zero-order valence-electron chi connectivity index (χ0n) is 18.6. The molecule has 2 aliphatic rings. The van der Waals surface area contributed by atoms with E-state index in [0.717, 1.165) is 5.01 Å². The Morgan fingerprint density at radius 1 is 1.03 bits per heavy atom. The minimum Gasteiger partial charge on any atom is -0.481 e. The van der Waals surface area contributed by atoms with Crippen LogP contribution in [0.5, 0.6) is 0 Å². The molecule has 11 heteroatoms. The molecule has 0 aromatic rings. The average molecular weight is 439 g/mol. The van der Waals surface area contributed by atoms with Crippen LogP contribution >= 0.6 is 0 Å². The van der Waals surface area contributed by atoms with Crippen LogP contribution in [0.1, 0.15) is 54.4 Å². The first-order valence-electron chi connectivity index (χ1n) is 9.89. The van der Waals surface area contributed by atoms with Gasteiger partial charge in [0.2, 0.25) is 0 Å². The molecule has 0 radical (unpaired) electrons. The summed E-state index contributed by atoms with van der Waals surface area (Å²) in [4.78, 5) is 61.3. The molecular formula is C20H29N3O8. The van der Waals surface area contributed by atoms with Crippen LogP contribution in [-0.2, 0) is 28.7 Å². The van der Waals surface area contributed by atoms with Crippen molar-refractivity contribution in [1.82, 2.24) is 15.3 Å². The van der Waals surface area contributed by atoms with Crippen LogP contribution in [0.3, 0.4) is 0 Å². The molecule has 0 unspecified atom stereocenters. The van der Waals surface area contributed by atoms with Crippen molar-refractivity contribution in [1.29, 1.82) is 0 Å². The maximum absolute atomic E-state index is 13.0. The number of rotatable bonds is 6. The van der Waals surface area contributed by atoms with E-state index in [4.69, 9.17) is 14.6 Å². The second-order valence-electron chi connectivity index (χ2n) is 9.34. The molecule has 2 aliphatic heterocycles. The number of nitrogens with zero attached hydrogens (tertiary/aromatic N) is 2. The van der Waals surface area contributed by atoms with Gasteiger partial charge in [0, 0.05) is 25.1 Å². The molecule has 1 fully saturated rings. The van der Waals surface area contributed by atoms with Gasteiger partial charge in [-0.3, -0.25) is 14.4 Å². The summed E-state index contributed by atoms with van der Waals surface area (Å²) in [5, 5.41) is 13.8. The standard InChI is InChI=1S/C20H29N3O8/c1-19(2,3)30-17(28)15-11(13(24)7-8-14(25)26)9-22-10-12(16(27)23(15)22)21-18(29)31-20(4,5)6/h12H,7-10H2,1-6H3,(H,21,29)(H,25,26)/t12-/m0/s1. The summed E-state index contributed by atoms with van der Waals surface area (Å²) in [7, 11) is 0. The van der Waals surface area contributed by atoms with Crippen LogP contribution in [0.2, 0.25) is 0 Å². The van der Waals surface area contributed by atoms with E-state index in [0.29, 0.717) is 0 Å². The van der Waals surface area contributed by atoms with E-state index in [-0.39, 0.29) is 30.8 Å². The molecule has 2 N–H and O–H groups in total. The van der Waals surface area contributed by atoms with Gasteiger partial charge in [-0.05, 0) is 41.5 Å². The Morgan fingerprint density at radius 2 is 1.61 bits per heavy atom. The fourth-order valence-corrected chi connectivity index (χ4v) is 3.11. The van der Waals surface area contributed by atoms with Gasteiger partial charge in [0.15, 0.2) is 11.5 Å². The number of carbonyl (C=O) groups excluding carboxylic acids is 4. The third-order valence-corrected chi connectivity index (χ3v) is 4.21. The number of alkyl carbamates (subject to hydrolysis) is 1. The third kappa shape index (κ3) is 6.27. The molecule has 0 saturated carbocycles. The largest absolute Gasteiger partial charge is 0.481 e. The number of ketones is 1. The van der Waals surface area contributed by atoms with Crippen molar-refractivity contribution in [2.24, 2.45) is 0 Å². The molecule has 0 aromatic carbocycles. The highest BCUT2D eigenvalue weighted by Gasteiger charge is 2.50. The molecule has 31 heavy (non-hydrogen) atoms. The van der Waals surface area contributed by atoms with E-state index in [9.17, 15) is 24.0 Å². The van der Waals surface area contributed by atoms with Gasteiger partial charge in [-0.15, -0.1) is 0 Å². The Kier molecular flexibility index (Phi) is 6.79. The molecule has 1 saturated heterocycles. The molecule has 2 rings (SSSR count). The average Bonchev–Trinajstić information content (AvgIpc) is 3.07. The number of fused-ring (bicyclic) bond motifs is 1. The maximum atomic E-state index is 13.0. The highest BCUT2D eigenvalue weighted by Crippen LogP contribution is 2.32. The Bertz CT molecular complexity index is 834. The van der Waals surface area contributed by atoms with E-state index >= 15 is 0 Å². The summed E-state index contributed by atoms with van der Waals surface area (Å²) < 4.78 is 10.5. The SMILES string of the molecule is CC(C)(C)OC(=O)N[C@H]1CN2CC(C(=O)CCC(=O)O)=C(C(=O)OC(C)(C)C)N2C1=O. The number of esters is 1. The lowest BCUT2D eigenvalue weighted by Gasteiger charge is -2.24. The first-order chi connectivity index (χ1) is 14.1. The van der Waals surface area contributed by atoms with Gasteiger partial charge in [-0.1, -0.05) is 0 Å². The normalized spacial score (nSPS) is 19.4. The molecule has 0 aromatic heterocycles. The molecule has 0 aliphatic carbocycles. The number of hydrogen-bond acceptors (Lipinski definition) is 8. The summed E-state index contributed by atoms with van der Waals surface area (Å²) in [6.07, 6.45) is -1.50. The van der Waals surface area contributed by atoms with Gasteiger partial charge in [-0.2, -0.15) is 0 Å². The van der Waals surface area contributed by atoms with Crippen molar-refractivity contribution < 1.29 is 38.6 Å². The van der Waals surface area contributed by atoms with Gasteiger partial charge < -0.3 is 19.9 Å². The summed E-state index contributed by atoms with van der Waals surface area (Å²) in [6.45, 7) is 9.91. The summed E-state index contributed by atoms with van der Waals surface area (Å²) in [6, 6.07) is -0.983. The van der Waals surface area contributed by atoms with Gasteiger partial charge in [0.1, 0.15) is 17.2 Å². The lowest BCUT2D eigenvalue weighted by atomic mass is 10.0. The van der Waals surface area contributed by atoms with E-state index in [1.165, 1.54) is 5.01 Å². The molecule has 172 valence electrons. The minimum absolute atomic E-state index is 0.0135. The van der Waals surface area contributed by atoms with Gasteiger partial charge in [0.25, 0.3) is 5.91 Å². The summed E-state index contributed by atoms with van der Waals surface area (Å²) in [5.41, 5.74) is -1.87. The van der Waals surface area contributed by atoms with Crippen molar-refractivity contribution in [2.75, 3.05) is 13.1 Å². The predicted molar refractivity (Wildman–Crippen MR) is 106 cm³/mol. The molecule has 0 bridgehead atoms. The van der Waals surface area contributed by atoms with E-state index in [1.54, 1.807) is 41.5 Å². The van der Waals surface area contributed by atoms with E-state index < -0.39 is 53.4 Å². The van der Waals surface area contributed by atoms with Crippen LogP contribution in [0.4, 0.5) is 4.79 Å². The zero-order chi connectivity index (χ0) is 23.7. The molecule has 0 spiro atoms. The highest BCUT2D eigenvalue weighted by molar-refractivity contribution is 6.08. The molecule has 1 atom stereocenters. The number of amides is 2. The quantitative estimate of drug-likeness (QED) is 0.579. The number of carbonyl (C=O) groups is 5. The van der Waals surface area contributed by atoms with Crippen LogP contribution in [0.25, 0.3) is 0 Å². The number of nitrogens with one attached hydrogen (secondary N) is 1. The third-order valence-electron chi connectivity index (χ3n) is 4.21. The number of carboxylic acid groups (broad SMARTS) is 1. The van der Waals surface area contributed by atoms with Gasteiger partial charge >= 0.3 is 18.0 Å². The minimum atomic E-state index is -1.15. The molecule has 2 heterocycles. The number of Topliss-reactive ketones (excluding diaryl/α,β-unsaturated/α-hetero) is 1. The molecular weight excluding hydrogens is 410 g/mol. The maximum Gasteiger partial charge on any atom is 0.408 e. The number of hydrazine groups is 1. The first kappa shape index (κ1) is 24.3. The van der Waals surface area contributed by atoms with Crippen LogP contribution < -0.4 is 5.32 Å². The Morgan fingerprint density at radius 3 is 2.13 bits per heavy atom. The Labute approximate surface area is 180 Å². The van der Waals surface area contributed by atoms with E-state index in [2.05, 4.69) is 5.32 Å². The van der Waals surface area contributed by atoms with Crippen molar-refractivity contribution >= 4 is 29.7 Å². The van der Waals surface area contributed by atoms with Crippen molar-refractivity contribution in [3.05, 3.63) is 11.3 Å². The predicted octanol–water partition coefficient (Wildman–Crippen LogP) is 0.982. The summed E-state index contributed by atoms with van der Waals surface area (Å²) in [5.74, 6) is -3.20. The van der Waals surface area contributed by atoms with Crippen LogP contribution in [0.15, 0.2) is 11.3 Å². The zero-order valence-corrected chi connectivity index (χ0v) is 18.6. The number of carboxylic acids is 1. The van der Waals surface area contributed by atoms with Crippen molar-refractivity contribution in [2.45, 2.75) is 71.6 Å². The number of ether oxygens (including phenoxy) is 2. The lowest BCUT2D eigenvalue weighted by molar-refractivity contribution is -0.156. The fraction of sp³-hybridized carbons (Fsp3) is 0.650. The number of aliphatic carboxylic acids is 1. The van der Waals surface area contributed by atoms with Gasteiger partial charge in [-0.25, -0.2) is 19.6 Å². The van der Waals surface area contributed by atoms with Crippen LogP contribution in [0, 0.1) is 0 Å². The van der Waals surface area contributed by atoms with Crippen LogP contribution in [-0.4, -0.2) is 75.2 Å². The second-order valence-corrected chi connectivity index (χ2v) is 9.34. The topological polar surface area (TPSA) is 143 Å². The second kappa shape index (κ2) is 8.66. The van der Waals surface area contributed by atoms with Crippen molar-refractivity contribution in [3.63, 3.8) is 0 Å². The monoisotopic (exact) mass is 439 g/mol. The van der Waals surface area contributed by atoms with E-state index in [1.807, 2.05) is 0 Å². The summed E-state index contributed by atoms with van der Waals surface area (Å²) >= 11 is 0. The number of hydrogen-bond donors (Lipinski definition) is 2. The smallest absolute Gasteiger partial charge is 0.408 e. The Balaban J connectivity index is 2.28. The van der Waals surface area contributed by atoms with Crippen molar-refractivity contribution in [3.8, 4) is 0 Å². The highest BCUT2D eigenvalue weighted by atomic mass is 16.6. The first-order valence-corrected chi connectivity index (χ1v) is 9.89. The molecule has 11 nitrogen and oxygen atoms in total. The molecule has 2 amide bonds. The lowest BCUT2D eigenvalue weighted by Crippen LogP contribution is -2.45. The van der Waals surface area contributed by atoms with Gasteiger partial charge in [0.05, 0.1) is 6.42 Å².